The molecule has 0 aliphatic heterocycles. The first-order valence-corrected chi connectivity index (χ1v) is 5.46. The van der Waals surface area contributed by atoms with E-state index in [1.165, 1.54) is 11.8 Å². The fraction of sp³-hybridized carbons (Fsp3) is 0.400. The van der Waals surface area contributed by atoms with E-state index in [1.54, 1.807) is 13.0 Å². The minimum atomic E-state index is -0.893. The quantitative estimate of drug-likeness (QED) is 0.632. The molecule has 0 atom stereocenters. The summed E-state index contributed by atoms with van der Waals surface area (Å²) in [6.45, 7) is 5.29. The van der Waals surface area contributed by atoms with Crippen LogP contribution in [-0.4, -0.2) is 21.8 Å². The molecule has 0 aliphatic rings. The van der Waals surface area contributed by atoms with Gasteiger partial charge in [-0.1, -0.05) is 17.8 Å². The van der Waals surface area contributed by atoms with Gasteiger partial charge in [0.15, 0.2) is 0 Å². The minimum absolute atomic E-state index is 0.336. The Balaban J connectivity index is 2.51. The molecule has 4 nitrogen and oxygen atoms in total. The van der Waals surface area contributed by atoms with Gasteiger partial charge in [-0.25, -0.2) is 9.78 Å². The van der Waals surface area contributed by atoms with Crippen LogP contribution in [-0.2, 0) is 4.79 Å². The number of hydrogen-bond acceptors (Lipinski definition) is 4. The van der Waals surface area contributed by atoms with Crippen LogP contribution in [0, 0.1) is 13.8 Å². The molecule has 82 valence electrons. The number of rotatable bonds is 4. The molecular weight excluding hydrogens is 214 g/mol. The van der Waals surface area contributed by atoms with E-state index in [2.05, 4.69) is 4.98 Å². The molecule has 1 aromatic heterocycles. The number of aryl methyl sites for hydroxylation is 2. The van der Waals surface area contributed by atoms with Crippen LogP contribution in [0.4, 0.5) is 0 Å². The van der Waals surface area contributed by atoms with Gasteiger partial charge in [0.2, 0.25) is 0 Å². The lowest BCUT2D eigenvalue weighted by atomic mass is 10.3. The lowest BCUT2D eigenvalue weighted by Gasteiger charge is -1.92. The smallest absolute Gasteiger partial charge is 0.330 e. The van der Waals surface area contributed by atoms with E-state index < -0.39 is 5.97 Å². The Bertz CT molecular complexity index is 376. The number of carboxylic acid groups (broad SMARTS) is 1. The van der Waals surface area contributed by atoms with Gasteiger partial charge in [-0.3, -0.25) is 0 Å². The molecule has 0 unspecified atom stereocenters. The van der Waals surface area contributed by atoms with Gasteiger partial charge >= 0.3 is 5.97 Å². The zero-order chi connectivity index (χ0) is 11.4. The molecule has 15 heavy (non-hydrogen) atoms. The van der Waals surface area contributed by atoms with Gasteiger partial charge in [0.25, 0.3) is 5.22 Å². The van der Waals surface area contributed by atoms with Crippen LogP contribution in [0.2, 0.25) is 0 Å². The topological polar surface area (TPSA) is 63.3 Å². The van der Waals surface area contributed by atoms with Gasteiger partial charge in [-0.15, -0.1) is 0 Å². The molecule has 1 heterocycles. The first-order valence-electron chi connectivity index (χ1n) is 4.47. The molecule has 0 saturated carbocycles. The molecule has 0 spiro atoms. The molecule has 1 aromatic rings. The van der Waals surface area contributed by atoms with Gasteiger partial charge in [-0.2, -0.15) is 0 Å². The summed E-state index contributed by atoms with van der Waals surface area (Å²) in [5.74, 6) is 0.462. The summed E-state index contributed by atoms with van der Waals surface area (Å²) in [7, 11) is 0. The number of aromatic nitrogens is 1. The van der Waals surface area contributed by atoms with Crippen LogP contribution < -0.4 is 0 Å². The second-order valence-corrected chi connectivity index (χ2v) is 4.10. The number of hydrogen-bond donors (Lipinski definition) is 1. The van der Waals surface area contributed by atoms with Gasteiger partial charge < -0.3 is 9.52 Å². The largest absolute Gasteiger partial charge is 0.478 e. The maximum Gasteiger partial charge on any atom is 0.330 e. The summed E-state index contributed by atoms with van der Waals surface area (Å²) in [4.78, 5) is 14.7. The van der Waals surface area contributed by atoms with Crippen molar-refractivity contribution in [3.8, 4) is 0 Å². The molecule has 0 amide bonds. The summed E-state index contributed by atoms with van der Waals surface area (Å²) in [6.07, 6.45) is 1.64. The summed E-state index contributed by atoms with van der Waals surface area (Å²) in [5.41, 5.74) is 1.21. The van der Waals surface area contributed by atoms with Crippen molar-refractivity contribution in [2.75, 3.05) is 5.75 Å². The Kier molecular flexibility index (Phi) is 3.96. The van der Waals surface area contributed by atoms with E-state index >= 15 is 0 Å². The Morgan fingerprint density at radius 1 is 1.60 bits per heavy atom. The Morgan fingerprint density at radius 3 is 2.73 bits per heavy atom. The monoisotopic (exact) mass is 227 g/mol. The third-order valence-corrected chi connectivity index (χ3v) is 2.70. The van der Waals surface area contributed by atoms with E-state index in [1.807, 2.05) is 13.8 Å². The standard InChI is InChI=1S/C10H13NO3S/c1-6(9(12)13)4-5-15-10-11-7(2)8(3)14-10/h4H,5H2,1-3H3,(H,12,13). The number of thioether (sulfide) groups is 1. The molecule has 1 N–H and O–H groups in total. The molecule has 5 heteroatoms. The summed E-state index contributed by atoms with van der Waals surface area (Å²) in [6, 6.07) is 0. The van der Waals surface area contributed by atoms with E-state index in [4.69, 9.17) is 9.52 Å². The molecule has 1 rings (SSSR count). The highest BCUT2D eigenvalue weighted by molar-refractivity contribution is 7.99. The summed E-state index contributed by atoms with van der Waals surface area (Å²) in [5, 5.41) is 9.19. The molecule has 0 bridgehead atoms. The minimum Gasteiger partial charge on any atom is -0.478 e. The van der Waals surface area contributed by atoms with Gasteiger partial charge in [0.05, 0.1) is 5.69 Å². The fourth-order valence-electron chi connectivity index (χ4n) is 0.830. The van der Waals surface area contributed by atoms with Gasteiger partial charge in [-0.05, 0) is 20.8 Å². The average molecular weight is 227 g/mol. The first kappa shape index (κ1) is 11.8. The van der Waals surface area contributed by atoms with E-state index in [0.717, 1.165) is 11.5 Å². The third kappa shape index (κ3) is 3.43. The Morgan fingerprint density at radius 2 is 2.27 bits per heavy atom. The number of carboxylic acids is 1. The second-order valence-electron chi connectivity index (χ2n) is 3.12. The molecule has 0 radical (unpaired) electrons. The van der Waals surface area contributed by atoms with Gasteiger partial charge in [0.1, 0.15) is 5.76 Å². The first-order chi connectivity index (χ1) is 7.00. The zero-order valence-electron chi connectivity index (χ0n) is 8.90. The Labute approximate surface area is 92.4 Å². The second kappa shape index (κ2) is 5.02. The highest BCUT2D eigenvalue weighted by Gasteiger charge is 2.05. The van der Waals surface area contributed by atoms with Crippen LogP contribution in [0.5, 0.6) is 0 Å². The van der Waals surface area contributed by atoms with E-state index in [-0.39, 0.29) is 0 Å². The number of nitrogens with zero attached hydrogens (tertiary/aromatic N) is 1. The molecule has 0 aromatic carbocycles. The molecular formula is C10H13NO3S. The predicted molar refractivity (Wildman–Crippen MR) is 58.1 cm³/mol. The van der Waals surface area contributed by atoms with Crippen LogP contribution >= 0.6 is 11.8 Å². The van der Waals surface area contributed by atoms with Crippen LogP contribution in [0.1, 0.15) is 18.4 Å². The lowest BCUT2D eigenvalue weighted by Crippen LogP contribution is -1.96. The highest BCUT2D eigenvalue weighted by atomic mass is 32.2. The number of aliphatic carboxylic acids is 1. The van der Waals surface area contributed by atoms with Crippen LogP contribution in [0.25, 0.3) is 0 Å². The van der Waals surface area contributed by atoms with Crippen molar-refractivity contribution in [2.24, 2.45) is 0 Å². The summed E-state index contributed by atoms with van der Waals surface area (Å²) < 4.78 is 5.33. The van der Waals surface area contributed by atoms with E-state index in [0.29, 0.717) is 16.5 Å². The lowest BCUT2D eigenvalue weighted by molar-refractivity contribution is -0.132. The average Bonchev–Trinajstić information content (AvgIpc) is 2.46. The zero-order valence-corrected chi connectivity index (χ0v) is 9.72. The summed E-state index contributed by atoms with van der Waals surface area (Å²) >= 11 is 1.38. The van der Waals surface area contributed by atoms with Gasteiger partial charge in [0, 0.05) is 11.3 Å². The van der Waals surface area contributed by atoms with Crippen molar-refractivity contribution in [1.82, 2.24) is 4.98 Å². The van der Waals surface area contributed by atoms with Crippen molar-refractivity contribution < 1.29 is 14.3 Å². The molecule has 0 fully saturated rings. The van der Waals surface area contributed by atoms with Crippen molar-refractivity contribution in [1.29, 1.82) is 0 Å². The fourth-order valence-corrected chi connectivity index (χ4v) is 1.69. The van der Waals surface area contributed by atoms with Crippen molar-refractivity contribution >= 4 is 17.7 Å². The van der Waals surface area contributed by atoms with Crippen molar-refractivity contribution in [2.45, 2.75) is 26.0 Å². The van der Waals surface area contributed by atoms with Crippen molar-refractivity contribution in [3.63, 3.8) is 0 Å². The molecule has 0 aliphatic carbocycles. The predicted octanol–water partition coefficient (Wildman–Crippen LogP) is 2.41. The van der Waals surface area contributed by atoms with Crippen LogP contribution in [0.15, 0.2) is 21.3 Å². The number of carbonyl (C=O) groups is 1. The third-order valence-electron chi connectivity index (χ3n) is 1.94. The highest BCUT2D eigenvalue weighted by Crippen LogP contribution is 2.20. The SMILES string of the molecule is CC(=CCSc1nc(C)c(C)o1)C(=O)O. The maximum atomic E-state index is 10.5. The normalized spacial score (nSPS) is 11.8. The van der Waals surface area contributed by atoms with Crippen LogP contribution in [0.3, 0.4) is 0 Å². The number of oxazole rings is 1. The molecule has 0 saturated heterocycles. The Hall–Kier alpha value is -1.23. The van der Waals surface area contributed by atoms with Crippen molar-refractivity contribution in [3.05, 3.63) is 23.1 Å². The maximum absolute atomic E-state index is 10.5. The van der Waals surface area contributed by atoms with E-state index in [9.17, 15) is 4.79 Å².